The molecular weight excluding hydrogens is 379 g/mol. The summed E-state index contributed by atoms with van der Waals surface area (Å²) in [7, 11) is 0. The summed E-state index contributed by atoms with van der Waals surface area (Å²) in [6.45, 7) is 6.38. The molecular formula is C24H24Zr+2. The van der Waals surface area contributed by atoms with Gasteiger partial charge in [0, 0.05) is 5.41 Å². The number of fused-ring (bicyclic) bond motifs is 3. The Bertz CT molecular complexity index is 856. The van der Waals surface area contributed by atoms with Gasteiger partial charge in [-0.25, -0.2) is 0 Å². The van der Waals surface area contributed by atoms with E-state index in [1.165, 1.54) is 33.4 Å². The second-order valence-corrected chi connectivity index (χ2v) is 7.15. The molecule has 0 heterocycles. The fourth-order valence-electron chi connectivity index (χ4n) is 4.39. The van der Waals surface area contributed by atoms with Gasteiger partial charge in [0.2, 0.25) is 0 Å². The van der Waals surface area contributed by atoms with Crippen LogP contribution in [0.25, 0.3) is 11.1 Å². The van der Waals surface area contributed by atoms with Crippen molar-refractivity contribution in [3.05, 3.63) is 95.6 Å². The first-order chi connectivity index (χ1) is 11.7. The molecule has 0 amide bonds. The Kier molecular flexibility index (Phi) is 5.44. The van der Waals surface area contributed by atoms with Gasteiger partial charge in [0.1, 0.15) is 0 Å². The molecule has 2 aliphatic rings. The predicted octanol–water partition coefficient (Wildman–Crippen LogP) is 6.37. The van der Waals surface area contributed by atoms with Crippen LogP contribution in [0.4, 0.5) is 0 Å². The first kappa shape index (κ1) is 18.3. The van der Waals surface area contributed by atoms with Crippen molar-refractivity contribution in [1.82, 2.24) is 0 Å². The molecule has 0 spiro atoms. The van der Waals surface area contributed by atoms with Gasteiger partial charge in [0.05, 0.1) is 0 Å². The minimum atomic E-state index is 0. The standard InChI is InChI=1S/C24H24.Zr/c1-3-4-16-24(2,19-11-6-7-12-19)23-15-9-14-21-20-13-8-5-10-18(20)17-22(21)23;/h3,5-11,13-15H,1,4,12,16-17H2,2H3;/q;+2. The normalized spacial score (nSPS) is 16.4. The number of benzene rings is 2. The summed E-state index contributed by atoms with van der Waals surface area (Å²) >= 11 is 0. The summed E-state index contributed by atoms with van der Waals surface area (Å²) in [5.74, 6) is 0. The Balaban J connectivity index is 0.00000182. The summed E-state index contributed by atoms with van der Waals surface area (Å²) in [5.41, 5.74) is 8.97. The predicted molar refractivity (Wildman–Crippen MR) is 103 cm³/mol. The van der Waals surface area contributed by atoms with Gasteiger partial charge in [-0.2, -0.15) is 0 Å². The fourth-order valence-corrected chi connectivity index (χ4v) is 4.39. The minimum absolute atomic E-state index is 0. The minimum Gasteiger partial charge on any atom is -0.103 e. The van der Waals surface area contributed by atoms with Crippen LogP contribution in [0.1, 0.15) is 42.9 Å². The molecule has 0 fully saturated rings. The van der Waals surface area contributed by atoms with Crippen LogP contribution in [-0.2, 0) is 38.0 Å². The average Bonchev–Trinajstić information content (AvgIpc) is 3.27. The molecule has 0 saturated heterocycles. The zero-order valence-corrected chi connectivity index (χ0v) is 17.3. The van der Waals surface area contributed by atoms with Crippen LogP contribution < -0.4 is 0 Å². The zero-order chi connectivity index (χ0) is 16.6. The molecule has 0 saturated carbocycles. The van der Waals surface area contributed by atoms with E-state index in [0.29, 0.717) is 0 Å². The van der Waals surface area contributed by atoms with E-state index in [1.54, 1.807) is 0 Å². The molecule has 1 atom stereocenters. The Morgan fingerprint density at radius 3 is 2.64 bits per heavy atom. The van der Waals surface area contributed by atoms with Crippen molar-refractivity contribution in [1.29, 1.82) is 0 Å². The van der Waals surface area contributed by atoms with E-state index < -0.39 is 0 Å². The third-order valence-electron chi connectivity index (χ3n) is 5.77. The molecule has 0 nitrogen and oxygen atoms in total. The Hall–Kier alpha value is -1.46. The van der Waals surface area contributed by atoms with Crippen LogP contribution in [0.5, 0.6) is 0 Å². The van der Waals surface area contributed by atoms with Gasteiger partial charge < -0.3 is 0 Å². The SMILES string of the molecule is C=CCCC(C)(C1=CC=CC1)c1cccc2c1Cc1ccccc1-2.[Zr+2]. The third-order valence-corrected chi connectivity index (χ3v) is 5.77. The number of hydrogen-bond donors (Lipinski definition) is 0. The van der Waals surface area contributed by atoms with Gasteiger partial charge in [0.25, 0.3) is 0 Å². The molecule has 0 N–H and O–H groups in total. The van der Waals surface area contributed by atoms with Crippen molar-refractivity contribution in [2.45, 2.75) is 38.0 Å². The Morgan fingerprint density at radius 1 is 1.08 bits per heavy atom. The molecule has 2 aromatic rings. The molecule has 0 radical (unpaired) electrons. The molecule has 25 heavy (non-hydrogen) atoms. The van der Waals surface area contributed by atoms with Crippen LogP contribution in [0.2, 0.25) is 0 Å². The maximum atomic E-state index is 3.95. The van der Waals surface area contributed by atoms with Gasteiger partial charge in [-0.1, -0.05) is 79.3 Å². The molecule has 2 aromatic carbocycles. The topological polar surface area (TPSA) is 0 Å². The summed E-state index contributed by atoms with van der Waals surface area (Å²) in [6, 6.07) is 15.7. The Labute approximate surface area is 170 Å². The van der Waals surface area contributed by atoms with Gasteiger partial charge >= 0.3 is 26.2 Å². The van der Waals surface area contributed by atoms with E-state index in [9.17, 15) is 0 Å². The first-order valence-corrected chi connectivity index (χ1v) is 8.92. The van der Waals surface area contributed by atoms with Crippen LogP contribution in [0.15, 0.2) is 78.9 Å². The molecule has 1 unspecified atom stereocenters. The van der Waals surface area contributed by atoms with E-state index in [-0.39, 0.29) is 31.6 Å². The van der Waals surface area contributed by atoms with Crippen LogP contribution >= 0.6 is 0 Å². The van der Waals surface area contributed by atoms with Gasteiger partial charge in [-0.15, -0.1) is 6.58 Å². The zero-order valence-electron chi connectivity index (χ0n) is 14.9. The van der Waals surface area contributed by atoms with Crippen LogP contribution in [-0.4, -0.2) is 0 Å². The second kappa shape index (κ2) is 7.42. The molecule has 122 valence electrons. The van der Waals surface area contributed by atoms with Crippen molar-refractivity contribution < 1.29 is 26.2 Å². The monoisotopic (exact) mass is 402 g/mol. The van der Waals surface area contributed by atoms with Crippen molar-refractivity contribution in [2.75, 3.05) is 0 Å². The van der Waals surface area contributed by atoms with E-state index in [2.05, 4.69) is 80.3 Å². The van der Waals surface area contributed by atoms with Crippen molar-refractivity contribution in [2.24, 2.45) is 0 Å². The van der Waals surface area contributed by atoms with E-state index >= 15 is 0 Å². The van der Waals surface area contributed by atoms with Gasteiger partial charge in [0.15, 0.2) is 0 Å². The van der Waals surface area contributed by atoms with E-state index in [0.717, 1.165) is 25.7 Å². The molecule has 2 aliphatic carbocycles. The second-order valence-electron chi connectivity index (χ2n) is 7.15. The average molecular weight is 404 g/mol. The van der Waals surface area contributed by atoms with Gasteiger partial charge in [-0.3, -0.25) is 0 Å². The molecule has 0 aliphatic heterocycles. The molecule has 4 rings (SSSR count). The maximum Gasteiger partial charge on any atom is 2.00 e. The number of hydrogen-bond acceptors (Lipinski definition) is 0. The largest absolute Gasteiger partial charge is 2.00 e. The van der Waals surface area contributed by atoms with Crippen molar-refractivity contribution >= 4 is 0 Å². The summed E-state index contributed by atoms with van der Waals surface area (Å²) in [4.78, 5) is 0. The third kappa shape index (κ3) is 3.08. The summed E-state index contributed by atoms with van der Waals surface area (Å²) in [5, 5.41) is 0. The molecule has 0 aromatic heterocycles. The Morgan fingerprint density at radius 2 is 1.88 bits per heavy atom. The molecule has 1 heteroatoms. The number of allylic oxidation sites excluding steroid dienone is 5. The van der Waals surface area contributed by atoms with Crippen molar-refractivity contribution in [3.63, 3.8) is 0 Å². The van der Waals surface area contributed by atoms with E-state index in [4.69, 9.17) is 0 Å². The van der Waals surface area contributed by atoms with Gasteiger partial charge in [-0.05, 0) is 53.5 Å². The van der Waals surface area contributed by atoms with E-state index in [1.807, 2.05) is 0 Å². The maximum absolute atomic E-state index is 3.95. The van der Waals surface area contributed by atoms with Crippen LogP contribution in [0, 0.1) is 0 Å². The summed E-state index contributed by atoms with van der Waals surface area (Å²) < 4.78 is 0. The summed E-state index contributed by atoms with van der Waals surface area (Å²) in [6.07, 6.45) is 13.2. The van der Waals surface area contributed by atoms with Crippen LogP contribution in [0.3, 0.4) is 0 Å². The fraction of sp³-hybridized carbons (Fsp3) is 0.250. The smallest absolute Gasteiger partial charge is 0.103 e. The first-order valence-electron chi connectivity index (χ1n) is 8.92. The quantitative estimate of drug-likeness (QED) is 0.434. The molecule has 0 bridgehead atoms. The number of rotatable bonds is 5. The van der Waals surface area contributed by atoms with Crippen molar-refractivity contribution in [3.8, 4) is 11.1 Å².